The zero-order chi connectivity index (χ0) is 17.9. The van der Waals surface area contributed by atoms with Gasteiger partial charge in [0, 0.05) is 10.5 Å². The molecule has 0 radical (unpaired) electrons. The largest absolute Gasteiger partial charge is 0.459 e. The Morgan fingerprint density at radius 1 is 0.962 bits per heavy atom. The van der Waals surface area contributed by atoms with E-state index < -0.39 is 0 Å². The van der Waals surface area contributed by atoms with E-state index in [1.54, 1.807) is 23.9 Å². The molecule has 4 rings (SSSR count). The first kappa shape index (κ1) is 16.4. The Morgan fingerprint density at radius 3 is 2.31 bits per heavy atom. The highest BCUT2D eigenvalue weighted by molar-refractivity contribution is 7.99. The Morgan fingerprint density at radius 2 is 1.65 bits per heavy atom. The summed E-state index contributed by atoms with van der Waals surface area (Å²) in [6.45, 7) is 1.92. The van der Waals surface area contributed by atoms with E-state index in [0.29, 0.717) is 0 Å². The van der Waals surface area contributed by atoms with Crippen LogP contribution in [0.4, 0.5) is 0 Å². The van der Waals surface area contributed by atoms with Gasteiger partial charge in [0.15, 0.2) is 5.76 Å². The molecular weight excluding hydrogens is 344 g/mol. The predicted molar refractivity (Wildman–Crippen MR) is 101 cm³/mol. The third-order valence-corrected chi connectivity index (χ3v) is 5.14. The maximum absolute atomic E-state index is 12.9. The van der Waals surface area contributed by atoms with E-state index in [-0.39, 0.29) is 11.7 Å². The summed E-state index contributed by atoms with van der Waals surface area (Å²) >= 11 is 1.60. The Bertz CT molecular complexity index is 1020. The van der Waals surface area contributed by atoms with Gasteiger partial charge in [0.25, 0.3) is 0 Å². The van der Waals surface area contributed by atoms with Gasteiger partial charge >= 0.3 is 5.91 Å². The molecule has 2 heterocycles. The molecule has 4 nitrogen and oxygen atoms in total. The minimum absolute atomic E-state index is 0.265. The molecular formula is C21H16N2O2S. The normalized spacial score (nSPS) is 10.8. The summed E-state index contributed by atoms with van der Waals surface area (Å²) in [4.78, 5) is 15.0. The summed E-state index contributed by atoms with van der Waals surface area (Å²) in [6.07, 6.45) is 1.49. The predicted octanol–water partition coefficient (Wildman–Crippen LogP) is 5.29. The number of rotatable bonds is 4. The van der Waals surface area contributed by atoms with Crippen molar-refractivity contribution >= 4 is 17.7 Å². The van der Waals surface area contributed by atoms with Crippen molar-refractivity contribution in [3.63, 3.8) is 0 Å². The van der Waals surface area contributed by atoms with Gasteiger partial charge in [-0.2, -0.15) is 9.78 Å². The molecule has 2 aromatic heterocycles. The van der Waals surface area contributed by atoms with Crippen LogP contribution in [0.1, 0.15) is 16.2 Å². The Balaban J connectivity index is 1.87. The van der Waals surface area contributed by atoms with E-state index in [1.165, 1.54) is 10.9 Å². The van der Waals surface area contributed by atoms with Crippen molar-refractivity contribution in [3.8, 4) is 11.3 Å². The number of furan rings is 1. The van der Waals surface area contributed by atoms with Crippen molar-refractivity contribution < 1.29 is 9.21 Å². The van der Waals surface area contributed by atoms with Crippen molar-refractivity contribution in [2.75, 3.05) is 0 Å². The molecule has 0 saturated heterocycles. The Labute approximate surface area is 155 Å². The maximum atomic E-state index is 12.9. The van der Waals surface area contributed by atoms with Gasteiger partial charge in [-0.1, -0.05) is 60.3 Å². The van der Waals surface area contributed by atoms with Gasteiger partial charge in [0.1, 0.15) is 0 Å². The lowest BCUT2D eigenvalue weighted by Crippen LogP contribution is -2.14. The van der Waals surface area contributed by atoms with E-state index in [0.717, 1.165) is 26.7 Å². The molecule has 5 heteroatoms. The maximum Gasteiger partial charge on any atom is 0.314 e. The molecule has 0 saturated carbocycles. The first-order valence-corrected chi connectivity index (χ1v) is 9.02. The molecule has 0 N–H and O–H groups in total. The molecule has 4 aromatic rings. The topological polar surface area (TPSA) is 48.0 Å². The second-order valence-electron chi connectivity index (χ2n) is 5.74. The average molecular weight is 360 g/mol. The number of hydrogen-bond acceptors (Lipinski definition) is 4. The molecule has 26 heavy (non-hydrogen) atoms. The van der Waals surface area contributed by atoms with Crippen LogP contribution >= 0.6 is 11.8 Å². The Kier molecular flexibility index (Phi) is 4.46. The van der Waals surface area contributed by atoms with E-state index in [4.69, 9.17) is 4.42 Å². The second-order valence-corrected chi connectivity index (χ2v) is 6.82. The van der Waals surface area contributed by atoms with Gasteiger partial charge in [-0.25, -0.2) is 0 Å². The van der Waals surface area contributed by atoms with E-state index in [1.807, 2.05) is 67.6 Å². The van der Waals surface area contributed by atoms with E-state index in [2.05, 4.69) is 5.10 Å². The highest BCUT2D eigenvalue weighted by Crippen LogP contribution is 2.38. The summed E-state index contributed by atoms with van der Waals surface area (Å²) in [6, 6.07) is 23.3. The molecule has 2 aromatic carbocycles. The lowest BCUT2D eigenvalue weighted by molar-refractivity contribution is 0.0919. The highest BCUT2D eigenvalue weighted by atomic mass is 32.2. The number of carbonyl (C=O) groups is 1. The third-order valence-electron chi connectivity index (χ3n) is 3.94. The van der Waals surface area contributed by atoms with Crippen molar-refractivity contribution in [2.24, 2.45) is 0 Å². The zero-order valence-corrected chi connectivity index (χ0v) is 14.9. The van der Waals surface area contributed by atoms with Crippen molar-refractivity contribution in [3.05, 3.63) is 90.5 Å². The van der Waals surface area contributed by atoms with Crippen LogP contribution in [-0.2, 0) is 0 Å². The van der Waals surface area contributed by atoms with Gasteiger partial charge in [-0.05, 0) is 31.2 Å². The lowest BCUT2D eigenvalue weighted by Gasteiger charge is -2.08. The van der Waals surface area contributed by atoms with E-state index >= 15 is 0 Å². The van der Waals surface area contributed by atoms with Crippen LogP contribution in [0.15, 0.2) is 93.3 Å². The van der Waals surface area contributed by atoms with Crippen molar-refractivity contribution in [1.82, 2.24) is 9.78 Å². The van der Waals surface area contributed by atoms with Gasteiger partial charge in [0.2, 0.25) is 0 Å². The number of hydrogen-bond donors (Lipinski definition) is 0. The average Bonchev–Trinajstić information content (AvgIpc) is 3.32. The molecule has 0 atom stereocenters. The number of aryl methyl sites for hydroxylation is 1. The monoisotopic (exact) mass is 360 g/mol. The smallest absolute Gasteiger partial charge is 0.314 e. The molecule has 128 valence electrons. The number of benzene rings is 2. The van der Waals surface area contributed by atoms with Crippen molar-refractivity contribution in [1.29, 1.82) is 0 Å². The molecule has 0 aliphatic rings. The van der Waals surface area contributed by atoms with Crippen LogP contribution in [0.2, 0.25) is 0 Å². The molecule has 0 unspecified atom stereocenters. The number of aromatic nitrogens is 2. The fourth-order valence-corrected chi connectivity index (χ4v) is 3.76. The van der Waals surface area contributed by atoms with Gasteiger partial charge in [-0.3, -0.25) is 4.79 Å². The lowest BCUT2D eigenvalue weighted by atomic mass is 10.1. The molecule has 0 bridgehead atoms. The summed E-state index contributed by atoms with van der Waals surface area (Å²) in [5.74, 6) is -0.0159. The van der Waals surface area contributed by atoms with Crippen LogP contribution in [0.5, 0.6) is 0 Å². The van der Waals surface area contributed by atoms with Gasteiger partial charge < -0.3 is 4.42 Å². The summed E-state index contributed by atoms with van der Waals surface area (Å²) < 4.78 is 6.73. The minimum Gasteiger partial charge on any atom is -0.459 e. The van der Waals surface area contributed by atoms with Crippen LogP contribution in [0, 0.1) is 6.92 Å². The third kappa shape index (κ3) is 3.09. The van der Waals surface area contributed by atoms with Gasteiger partial charge in [0.05, 0.1) is 22.5 Å². The molecule has 0 aliphatic heterocycles. The quantitative estimate of drug-likeness (QED) is 0.496. The molecule has 0 amide bonds. The minimum atomic E-state index is -0.281. The second kappa shape index (κ2) is 7.06. The number of carbonyl (C=O) groups excluding carboxylic acids is 1. The fourth-order valence-electron chi connectivity index (χ4n) is 2.74. The highest BCUT2D eigenvalue weighted by Gasteiger charge is 2.24. The summed E-state index contributed by atoms with van der Waals surface area (Å²) in [5.41, 5.74) is 2.52. The summed E-state index contributed by atoms with van der Waals surface area (Å²) in [7, 11) is 0. The first-order valence-electron chi connectivity index (χ1n) is 8.20. The summed E-state index contributed by atoms with van der Waals surface area (Å²) in [5, 5.41) is 4.53. The zero-order valence-electron chi connectivity index (χ0n) is 14.1. The van der Waals surface area contributed by atoms with Crippen molar-refractivity contribution in [2.45, 2.75) is 16.7 Å². The number of nitrogens with zero attached hydrogens (tertiary/aromatic N) is 2. The SMILES string of the molecule is Cc1nn(C(=O)c2ccco2)c(-c2ccccc2)c1Sc1ccccc1. The van der Waals surface area contributed by atoms with Crippen LogP contribution in [0.25, 0.3) is 11.3 Å². The van der Waals surface area contributed by atoms with Crippen LogP contribution < -0.4 is 0 Å². The molecule has 0 spiro atoms. The molecule has 0 aliphatic carbocycles. The Hall–Kier alpha value is -3.05. The first-order chi connectivity index (χ1) is 12.7. The van der Waals surface area contributed by atoms with E-state index in [9.17, 15) is 4.79 Å². The van der Waals surface area contributed by atoms with Crippen LogP contribution in [-0.4, -0.2) is 15.7 Å². The van der Waals surface area contributed by atoms with Crippen LogP contribution in [0.3, 0.4) is 0 Å². The standard InChI is InChI=1S/C21H16N2O2S/c1-15-20(26-17-11-6-3-7-12-17)19(16-9-4-2-5-10-16)23(22-15)21(24)18-13-8-14-25-18/h2-14H,1H3. The molecule has 0 fully saturated rings. The van der Waals surface area contributed by atoms with Gasteiger partial charge in [-0.15, -0.1) is 0 Å². The fraction of sp³-hybridized carbons (Fsp3) is 0.0476.